The topological polar surface area (TPSA) is 95.5 Å². The van der Waals surface area contributed by atoms with Crippen LogP contribution < -0.4 is 10.5 Å². The number of rotatable bonds is 4. The lowest BCUT2D eigenvalue weighted by Gasteiger charge is -2.28. The van der Waals surface area contributed by atoms with E-state index in [0.29, 0.717) is 11.6 Å². The molecule has 0 unspecified atom stereocenters. The maximum absolute atomic E-state index is 14.4. The molecule has 2 rings (SSSR count). The predicted molar refractivity (Wildman–Crippen MR) is 105 cm³/mol. The van der Waals surface area contributed by atoms with Crippen LogP contribution in [0.25, 0.3) is 0 Å². The van der Waals surface area contributed by atoms with Crippen molar-refractivity contribution in [1.29, 1.82) is 0 Å². The highest BCUT2D eigenvalue weighted by Gasteiger charge is 2.31. The molecule has 156 valence electrons. The number of nitrogens with two attached hydrogens (primary N) is 1. The van der Waals surface area contributed by atoms with Crippen molar-refractivity contribution >= 4 is 11.6 Å². The Morgan fingerprint density at radius 1 is 1.07 bits per heavy atom. The van der Waals surface area contributed by atoms with Crippen molar-refractivity contribution in [3.8, 4) is 11.5 Å². The maximum Gasteiger partial charge on any atom is 0.314 e. The van der Waals surface area contributed by atoms with Gasteiger partial charge in [-0.1, -0.05) is 47.6 Å². The molecule has 2 aromatic rings. The van der Waals surface area contributed by atoms with E-state index >= 15 is 0 Å². The lowest BCUT2D eigenvalue weighted by Crippen LogP contribution is -2.24. The first-order valence-electron chi connectivity index (χ1n) is 8.93. The highest BCUT2D eigenvalue weighted by molar-refractivity contribution is 5.98. The van der Waals surface area contributed by atoms with Crippen LogP contribution in [0.3, 0.4) is 0 Å². The standard InChI is InChI=1S/C21H24F2N2O4/c1-20(2,3)11-9-12(21(4,5)6)16(19(24)26)15(10-11)29-18-14(25(27)28)8-7-13(22)17(18)23/h7-10H,1-6H3,(H2,24,26). The largest absolute Gasteiger partial charge is 0.446 e. The third-order valence-electron chi connectivity index (χ3n) is 4.46. The van der Waals surface area contributed by atoms with Gasteiger partial charge in [-0.05, 0) is 34.1 Å². The SMILES string of the molecule is CC(C)(C)c1cc(Oc2c([N+](=O)[O-])ccc(F)c2F)c(C(N)=O)c(C(C)(C)C)c1. The van der Waals surface area contributed by atoms with Crippen molar-refractivity contribution in [2.24, 2.45) is 5.73 Å². The van der Waals surface area contributed by atoms with E-state index < -0.39 is 39.3 Å². The summed E-state index contributed by atoms with van der Waals surface area (Å²) in [6.07, 6.45) is 0. The Morgan fingerprint density at radius 2 is 1.66 bits per heavy atom. The number of nitrogens with zero attached hydrogens (tertiary/aromatic N) is 1. The van der Waals surface area contributed by atoms with Gasteiger partial charge in [0.15, 0.2) is 5.82 Å². The minimum atomic E-state index is -1.52. The molecule has 0 radical (unpaired) electrons. The molecule has 0 aliphatic rings. The summed E-state index contributed by atoms with van der Waals surface area (Å²) in [6.45, 7) is 11.3. The summed E-state index contributed by atoms with van der Waals surface area (Å²) < 4.78 is 33.6. The van der Waals surface area contributed by atoms with Gasteiger partial charge in [0, 0.05) is 6.07 Å². The minimum absolute atomic E-state index is 0.0385. The average Bonchev–Trinajstić information content (AvgIpc) is 2.56. The molecule has 2 aromatic carbocycles. The molecular weight excluding hydrogens is 382 g/mol. The summed E-state index contributed by atoms with van der Waals surface area (Å²) in [7, 11) is 0. The van der Waals surface area contributed by atoms with E-state index in [1.54, 1.807) is 0 Å². The fraction of sp³-hybridized carbons (Fsp3) is 0.381. The lowest BCUT2D eigenvalue weighted by atomic mass is 9.78. The van der Waals surface area contributed by atoms with E-state index in [-0.39, 0.29) is 16.7 Å². The fourth-order valence-electron chi connectivity index (χ4n) is 2.85. The number of ether oxygens (including phenoxy) is 1. The first-order chi connectivity index (χ1) is 13.1. The third kappa shape index (κ3) is 4.52. The maximum atomic E-state index is 14.4. The number of halogens is 2. The number of nitro benzene ring substituents is 1. The zero-order valence-corrected chi connectivity index (χ0v) is 17.2. The molecule has 0 heterocycles. The number of carbonyl (C=O) groups excluding carboxylic acids is 1. The average molecular weight is 406 g/mol. The van der Waals surface area contributed by atoms with Crippen LogP contribution in [0.5, 0.6) is 11.5 Å². The fourth-order valence-corrected chi connectivity index (χ4v) is 2.85. The molecule has 0 fully saturated rings. The van der Waals surface area contributed by atoms with Gasteiger partial charge in [-0.3, -0.25) is 14.9 Å². The van der Waals surface area contributed by atoms with E-state index in [0.717, 1.165) is 11.6 Å². The van der Waals surface area contributed by atoms with Crippen LogP contribution in [0.1, 0.15) is 63.0 Å². The van der Waals surface area contributed by atoms with Gasteiger partial charge in [0.05, 0.1) is 10.5 Å². The molecule has 0 aliphatic carbocycles. The molecule has 29 heavy (non-hydrogen) atoms. The van der Waals surface area contributed by atoms with Gasteiger partial charge < -0.3 is 10.5 Å². The van der Waals surface area contributed by atoms with Gasteiger partial charge >= 0.3 is 5.69 Å². The Labute approximate surface area is 167 Å². The molecule has 0 aliphatic heterocycles. The van der Waals surface area contributed by atoms with Crippen molar-refractivity contribution in [3.63, 3.8) is 0 Å². The summed E-state index contributed by atoms with van der Waals surface area (Å²) in [5.74, 6) is -4.75. The summed E-state index contributed by atoms with van der Waals surface area (Å²) >= 11 is 0. The zero-order chi connectivity index (χ0) is 22.3. The monoisotopic (exact) mass is 406 g/mol. The van der Waals surface area contributed by atoms with E-state index in [9.17, 15) is 23.7 Å². The van der Waals surface area contributed by atoms with E-state index in [4.69, 9.17) is 10.5 Å². The van der Waals surface area contributed by atoms with Crippen molar-refractivity contribution in [2.75, 3.05) is 0 Å². The van der Waals surface area contributed by atoms with Crippen molar-refractivity contribution in [1.82, 2.24) is 0 Å². The quantitative estimate of drug-likeness (QED) is 0.546. The second-order valence-corrected chi connectivity index (χ2v) is 8.83. The van der Waals surface area contributed by atoms with Crippen molar-refractivity contribution in [3.05, 3.63) is 62.7 Å². The Kier molecular flexibility index (Phi) is 5.70. The number of nitro groups is 1. The van der Waals surface area contributed by atoms with E-state index in [1.165, 1.54) is 6.07 Å². The van der Waals surface area contributed by atoms with Crippen molar-refractivity contribution < 1.29 is 23.2 Å². The molecule has 0 saturated heterocycles. The molecule has 2 N–H and O–H groups in total. The van der Waals surface area contributed by atoms with E-state index in [1.807, 2.05) is 47.6 Å². The lowest BCUT2D eigenvalue weighted by molar-refractivity contribution is -0.385. The highest BCUT2D eigenvalue weighted by atomic mass is 19.2. The molecule has 1 amide bonds. The molecule has 8 heteroatoms. The molecular formula is C21H24F2N2O4. The van der Waals surface area contributed by atoms with E-state index in [2.05, 4.69) is 0 Å². The highest BCUT2D eigenvalue weighted by Crippen LogP contribution is 2.41. The molecule has 0 bridgehead atoms. The van der Waals surface area contributed by atoms with Crippen LogP contribution in [-0.4, -0.2) is 10.8 Å². The molecule has 0 atom stereocenters. The summed E-state index contributed by atoms with van der Waals surface area (Å²) in [5, 5.41) is 11.3. The van der Waals surface area contributed by atoms with Gasteiger partial charge in [-0.25, -0.2) is 4.39 Å². The normalized spacial score (nSPS) is 12.0. The van der Waals surface area contributed by atoms with Crippen LogP contribution in [0, 0.1) is 21.7 Å². The number of carbonyl (C=O) groups is 1. The number of hydrogen-bond donors (Lipinski definition) is 1. The van der Waals surface area contributed by atoms with Gasteiger partial charge in [0.2, 0.25) is 11.6 Å². The Balaban J connectivity index is 2.88. The number of benzene rings is 2. The predicted octanol–water partition coefficient (Wildman–Crippen LogP) is 5.36. The Bertz CT molecular complexity index is 990. The van der Waals surface area contributed by atoms with Crippen LogP contribution in [0.4, 0.5) is 14.5 Å². The number of primary amides is 1. The summed E-state index contributed by atoms with van der Waals surface area (Å²) in [6, 6.07) is 4.73. The first-order valence-corrected chi connectivity index (χ1v) is 8.93. The smallest absolute Gasteiger partial charge is 0.314 e. The molecule has 0 aromatic heterocycles. The van der Waals surface area contributed by atoms with Crippen LogP contribution in [-0.2, 0) is 10.8 Å². The van der Waals surface area contributed by atoms with Crippen molar-refractivity contribution in [2.45, 2.75) is 52.4 Å². The van der Waals surface area contributed by atoms with Crippen LogP contribution in [0.15, 0.2) is 24.3 Å². The van der Waals surface area contributed by atoms with Gasteiger partial charge in [-0.15, -0.1) is 0 Å². The third-order valence-corrected chi connectivity index (χ3v) is 4.46. The van der Waals surface area contributed by atoms with Crippen LogP contribution in [0.2, 0.25) is 0 Å². The Hall–Kier alpha value is -3.03. The second kappa shape index (κ2) is 7.42. The van der Waals surface area contributed by atoms with Gasteiger partial charge in [0.25, 0.3) is 5.91 Å². The van der Waals surface area contributed by atoms with Gasteiger partial charge in [-0.2, -0.15) is 4.39 Å². The second-order valence-electron chi connectivity index (χ2n) is 8.83. The number of hydrogen-bond acceptors (Lipinski definition) is 4. The number of amides is 1. The molecule has 0 spiro atoms. The molecule has 6 nitrogen and oxygen atoms in total. The molecule has 0 saturated carbocycles. The van der Waals surface area contributed by atoms with Gasteiger partial charge in [0.1, 0.15) is 5.75 Å². The zero-order valence-electron chi connectivity index (χ0n) is 17.2. The summed E-state index contributed by atoms with van der Waals surface area (Å²) in [4.78, 5) is 22.7. The minimum Gasteiger partial charge on any atom is -0.446 e. The summed E-state index contributed by atoms with van der Waals surface area (Å²) in [5.41, 5.74) is 5.10. The van der Waals surface area contributed by atoms with Crippen LogP contribution >= 0.6 is 0 Å². The first kappa shape index (κ1) is 22.3. The Morgan fingerprint density at radius 3 is 2.10 bits per heavy atom.